The lowest BCUT2D eigenvalue weighted by Crippen LogP contribution is -2.35. The molecule has 0 aliphatic heterocycles. The number of rotatable bonds is 5. The molecule has 0 atom stereocenters. The monoisotopic (exact) mass is 333 g/mol. The Morgan fingerprint density at radius 3 is 2.88 bits per heavy atom. The summed E-state index contributed by atoms with van der Waals surface area (Å²) in [4.78, 5) is 38.9. The number of aromatic amines is 1. The van der Waals surface area contributed by atoms with Crippen LogP contribution in [-0.2, 0) is 17.9 Å². The third kappa shape index (κ3) is 3.98. The maximum atomic E-state index is 11.9. The van der Waals surface area contributed by atoms with Crippen molar-refractivity contribution in [1.29, 1.82) is 0 Å². The molecule has 2 N–H and O–H groups in total. The molecule has 0 aromatic carbocycles. The van der Waals surface area contributed by atoms with Crippen molar-refractivity contribution in [3.63, 3.8) is 0 Å². The van der Waals surface area contributed by atoms with Gasteiger partial charge in [-0.1, -0.05) is 24.4 Å². The van der Waals surface area contributed by atoms with E-state index in [2.05, 4.69) is 20.6 Å². The second kappa shape index (κ2) is 7.24. The number of nitrogens with one attached hydrogen (secondary N) is 2. The zero-order valence-electron chi connectivity index (χ0n) is 13.2. The number of nitrogens with zero attached hydrogens (tertiary/aromatic N) is 3. The topological polar surface area (TPSA) is 123 Å². The van der Waals surface area contributed by atoms with Crippen LogP contribution >= 0.6 is 0 Å². The Morgan fingerprint density at radius 1 is 1.29 bits per heavy atom. The van der Waals surface area contributed by atoms with E-state index >= 15 is 0 Å². The molecule has 24 heavy (non-hydrogen) atoms. The molecule has 1 amide bonds. The molecule has 9 heteroatoms. The molecule has 2 aromatic heterocycles. The van der Waals surface area contributed by atoms with E-state index < -0.39 is 17.0 Å². The Kier molecular flexibility index (Phi) is 4.88. The van der Waals surface area contributed by atoms with Crippen molar-refractivity contribution in [1.82, 2.24) is 25.2 Å². The first kappa shape index (κ1) is 16.2. The molecule has 3 rings (SSSR count). The number of H-pyrrole nitrogens is 1. The summed E-state index contributed by atoms with van der Waals surface area (Å²) in [5, 5.41) is 8.87. The van der Waals surface area contributed by atoms with Gasteiger partial charge in [-0.15, -0.1) is 0 Å². The van der Waals surface area contributed by atoms with Crippen molar-refractivity contribution in [2.45, 2.75) is 51.1 Å². The molecule has 128 valence electrons. The van der Waals surface area contributed by atoms with Crippen LogP contribution in [0.2, 0.25) is 0 Å². The normalized spacial score (nSPS) is 15.3. The van der Waals surface area contributed by atoms with Crippen LogP contribution in [-0.4, -0.2) is 25.8 Å². The number of hydrogen-bond donors (Lipinski definition) is 2. The van der Waals surface area contributed by atoms with E-state index in [0.717, 1.165) is 29.7 Å². The molecule has 0 bridgehead atoms. The molecule has 1 saturated carbocycles. The minimum absolute atomic E-state index is 0.0877. The van der Waals surface area contributed by atoms with Crippen molar-refractivity contribution < 1.29 is 9.32 Å². The summed E-state index contributed by atoms with van der Waals surface area (Å²) in [5.41, 5.74) is -0.904. The molecule has 0 radical (unpaired) electrons. The molecule has 0 unspecified atom stereocenters. The summed E-state index contributed by atoms with van der Waals surface area (Å²) in [6, 6.07) is 2.22. The second-order valence-electron chi connectivity index (χ2n) is 5.89. The fraction of sp³-hybridized carbons (Fsp3) is 0.533. The van der Waals surface area contributed by atoms with Gasteiger partial charge in [0.25, 0.3) is 11.1 Å². The molecule has 0 saturated heterocycles. The highest BCUT2D eigenvalue weighted by Gasteiger charge is 2.21. The van der Waals surface area contributed by atoms with Crippen LogP contribution in [0.1, 0.15) is 49.7 Å². The van der Waals surface area contributed by atoms with Gasteiger partial charge in [0, 0.05) is 18.1 Å². The number of amides is 1. The van der Waals surface area contributed by atoms with Crippen LogP contribution in [0, 0.1) is 0 Å². The lowest BCUT2D eigenvalue weighted by atomic mass is 9.89. The largest absolute Gasteiger partial charge is 0.345 e. The van der Waals surface area contributed by atoms with Crippen molar-refractivity contribution in [2.75, 3.05) is 0 Å². The van der Waals surface area contributed by atoms with Gasteiger partial charge in [0.15, 0.2) is 5.82 Å². The molecule has 2 aromatic rings. The van der Waals surface area contributed by atoms with E-state index in [-0.39, 0.29) is 13.1 Å². The molecular formula is C15H19N5O4. The third-order valence-corrected chi connectivity index (χ3v) is 4.08. The van der Waals surface area contributed by atoms with Crippen molar-refractivity contribution in [2.24, 2.45) is 0 Å². The van der Waals surface area contributed by atoms with Crippen molar-refractivity contribution >= 4 is 5.91 Å². The molecule has 9 nitrogen and oxygen atoms in total. The van der Waals surface area contributed by atoms with Crippen molar-refractivity contribution in [3.8, 4) is 0 Å². The van der Waals surface area contributed by atoms with Crippen LogP contribution in [0.5, 0.6) is 0 Å². The van der Waals surface area contributed by atoms with Gasteiger partial charge in [0.2, 0.25) is 11.8 Å². The van der Waals surface area contributed by atoms with Gasteiger partial charge in [-0.2, -0.15) is 4.98 Å². The van der Waals surface area contributed by atoms with Crippen LogP contribution < -0.4 is 16.4 Å². The van der Waals surface area contributed by atoms with Crippen LogP contribution in [0.4, 0.5) is 0 Å². The van der Waals surface area contributed by atoms with Gasteiger partial charge in [-0.05, 0) is 12.8 Å². The average Bonchev–Trinajstić information content (AvgIpc) is 3.06. The van der Waals surface area contributed by atoms with Gasteiger partial charge in [0.05, 0.1) is 6.54 Å². The maximum Gasteiger partial charge on any atom is 0.265 e. The molecule has 1 aliphatic carbocycles. The smallest absolute Gasteiger partial charge is 0.265 e. The fourth-order valence-electron chi connectivity index (χ4n) is 2.82. The summed E-state index contributed by atoms with van der Waals surface area (Å²) < 4.78 is 6.10. The molecular weight excluding hydrogens is 314 g/mol. The number of carbonyl (C=O) groups excluding carboxylic acids is 1. The van der Waals surface area contributed by atoms with E-state index in [1.54, 1.807) is 0 Å². The Bertz CT molecular complexity index is 816. The SMILES string of the molecule is O=C(Cn1[nH]c(=O)ccc1=O)NCc1nc(C2CCCCC2)no1. The van der Waals surface area contributed by atoms with Gasteiger partial charge < -0.3 is 9.84 Å². The summed E-state index contributed by atoms with van der Waals surface area (Å²) in [5.74, 6) is 0.927. The summed E-state index contributed by atoms with van der Waals surface area (Å²) >= 11 is 0. The quantitative estimate of drug-likeness (QED) is 0.810. The highest BCUT2D eigenvalue weighted by Crippen LogP contribution is 2.30. The number of hydrogen-bond acceptors (Lipinski definition) is 6. The maximum absolute atomic E-state index is 11.9. The zero-order chi connectivity index (χ0) is 16.9. The van der Waals surface area contributed by atoms with Gasteiger partial charge in [-0.3, -0.25) is 19.5 Å². The first-order chi connectivity index (χ1) is 11.6. The van der Waals surface area contributed by atoms with Crippen molar-refractivity contribution in [3.05, 3.63) is 44.6 Å². The Morgan fingerprint density at radius 2 is 2.08 bits per heavy atom. The summed E-state index contributed by atoms with van der Waals surface area (Å²) in [6.45, 7) is -0.192. The average molecular weight is 333 g/mol. The van der Waals surface area contributed by atoms with Gasteiger partial charge in [0.1, 0.15) is 6.54 Å². The van der Waals surface area contributed by atoms with E-state index in [1.807, 2.05) is 0 Å². The lowest BCUT2D eigenvalue weighted by molar-refractivity contribution is -0.122. The molecule has 2 heterocycles. The predicted octanol–water partition coefficient (Wildman–Crippen LogP) is 0.284. The number of carbonyl (C=O) groups is 1. The van der Waals surface area contributed by atoms with Gasteiger partial charge in [-0.25, -0.2) is 4.68 Å². The van der Waals surface area contributed by atoms with Crippen LogP contribution in [0.15, 0.2) is 26.2 Å². The lowest BCUT2D eigenvalue weighted by Gasteiger charge is -2.17. The Hall–Kier alpha value is -2.71. The predicted molar refractivity (Wildman–Crippen MR) is 83.3 cm³/mol. The van der Waals surface area contributed by atoms with Gasteiger partial charge >= 0.3 is 0 Å². The highest BCUT2D eigenvalue weighted by molar-refractivity contribution is 5.75. The summed E-state index contributed by atoms with van der Waals surface area (Å²) in [6.07, 6.45) is 5.73. The first-order valence-corrected chi connectivity index (χ1v) is 8.01. The minimum atomic E-state index is -0.456. The zero-order valence-corrected chi connectivity index (χ0v) is 13.2. The number of aromatic nitrogens is 4. The minimum Gasteiger partial charge on any atom is -0.345 e. The second-order valence-corrected chi connectivity index (χ2v) is 5.89. The third-order valence-electron chi connectivity index (χ3n) is 4.08. The molecule has 0 spiro atoms. The van der Waals surface area contributed by atoms with E-state index in [4.69, 9.17) is 4.52 Å². The van der Waals surface area contributed by atoms with E-state index in [9.17, 15) is 14.4 Å². The van der Waals surface area contributed by atoms with E-state index in [0.29, 0.717) is 17.6 Å². The first-order valence-electron chi connectivity index (χ1n) is 8.01. The molecule has 1 aliphatic rings. The van der Waals surface area contributed by atoms with E-state index in [1.165, 1.54) is 19.3 Å². The van der Waals surface area contributed by atoms with Crippen LogP contribution in [0.25, 0.3) is 0 Å². The highest BCUT2D eigenvalue weighted by atomic mass is 16.5. The Balaban J connectivity index is 1.54. The van der Waals surface area contributed by atoms with Crippen LogP contribution in [0.3, 0.4) is 0 Å². The molecule has 1 fully saturated rings. The standard InChI is InChI=1S/C15H19N5O4/c21-11-6-7-14(23)20(18-11)9-12(22)16-8-13-17-15(19-24-13)10-4-2-1-3-5-10/h6-7,10H,1-5,8-9H2,(H,16,22)(H,18,21). The fourth-order valence-corrected chi connectivity index (χ4v) is 2.82. The Labute approximate surface area is 137 Å². The summed E-state index contributed by atoms with van der Waals surface area (Å²) in [7, 11) is 0.